The fraction of sp³-hybridized carbons (Fsp3) is 0.375. The molecule has 1 aromatic carbocycles. The first-order chi connectivity index (χ1) is 10.2. The highest BCUT2D eigenvalue weighted by atomic mass is 19.1. The lowest BCUT2D eigenvalue weighted by molar-refractivity contribution is 0.150. The van der Waals surface area contributed by atoms with Gasteiger partial charge < -0.3 is 5.11 Å². The third-order valence-electron chi connectivity index (χ3n) is 3.94. The van der Waals surface area contributed by atoms with Crippen molar-refractivity contribution >= 4 is 0 Å². The van der Waals surface area contributed by atoms with Gasteiger partial charge in [0.15, 0.2) is 0 Å². The van der Waals surface area contributed by atoms with Crippen molar-refractivity contribution in [2.45, 2.75) is 38.3 Å². The van der Waals surface area contributed by atoms with Crippen molar-refractivity contribution in [3.63, 3.8) is 0 Å². The average molecular weight is 288 g/mol. The number of halogens is 1. The minimum Gasteiger partial charge on any atom is -0.386 e. The van der Waals surface area contributed by atoms with Gasteiger partial charge in [0.05, 0.1) is 24.7 Å². The molecule has 0 bridgehead atoms. The molecule has 0 amide bonds. The van der Waals surface area contributed by atoms with E-state index >= 15 is 0 Å². The second-order valence-electron chi connectivity index (χ2n) is 5.37. The zero-order chi connectivity index (χ0) is 14.8. The third kappa shape index (κ3) is 2.74. The zero-order valence-electron chi connectivity index (χ0n) is 11.6. The molecule has 0 radical (unpaired) electrons. The van der Waals surface area contributed by atoms with Crippen molar-refractivity contribution < 1.29 is 9.50 Å². The maximum atomic E-state index is 13.7. The van der Waals surface area contributed by atoms with Crippen molar-refractivity contribution in [2.75, 3.05) is 0 Å². The molecule has 1 atom stereocenters. The van der Waals surface area contributed by atoms with Gasteiger partial charge >= 0.3 is 0 Å². The quantitative estimate of drug-likeness (QED) is 0.939. The van der Waals surface area contributed by atoms with E-state index in [1.807, 2.05) is 0 Å². The zero-order valence-corrected chi connectivity index (χ0v) is 11.6. The number of rotatable bonds is 3. The first kappa shape index (κ1) is 13.9. The number of aliphatic hydroxyl groups is 1. The fourth-order valence-electron chi connectivity index (χ4n) is 2.79. The van der Waals surface area contributed by atoms with Crippen molar-refractivity contribution in [2.24, 2.45) is 0 Å². The number of nitrogens with zero attached hydrogens (tertiary/aromatic N) is 2. The molecule has 5 heteroatoms. The van der Waals surface area contributed by atoms with Crippen LogP contribution >= 0.6 is 0 Å². The van der Waals surface area contributed by atoms with Gasteiger partial charge in [0.2, 0.25) is 0 Å². The molecule has 0 saturated carbocycles. The standard InChI is InChI=1S/C16H17FN2O2/c17-13-7-3-1-5-11(13)15(20)9-19-10-18-14-8-4-2-6-12(14)16(19)21/h1,3,5,7,10,15,20H,2,4,6,8-9H2/t15-/m0/s1. The van der Waals surface area contributed by atoms with E-state index in [2.05, 4.69) is 4.98 Å². The highest BCUT2D eigenvalue weighted by Crippen LogP contribution is 2.19. The summed E-state index contributed by atoms with van der Waals surface area (Å²) in [6.07, 6.45) is 4.01. The Morgan fingerprint density at radius 1 is 1.29 bits per heavy atom. The lowest BCUT2D eigenvalue weighted by atomic mass is 9.97. The molecule has 1 aliphatic rings. The summed E-state index contributed by atoms with van der Waals surface area (Å²) in [6.45, 7) is 0.0139. The summed E-state index contributed by atoms with van der Waals surface area (Å²) in [5.41, 5.74) is 1.68. The molecular formula is C16H17FN2O2. The van der Waals surface area contributed by atoms with Crippen LogP contribution in [0.15, 0.2) is 35.4 Å². The van der Waals surface area contributed by atoms with E-state index in [1.165, 1.54) is 23.0 Å². The molecule has 2 aromatic rings. The first-order valence-electron chi connectivity index (χ1n) is 7.16. The van der Waals surface area contributed by atoms with Crippen molar-refractivity contribution in [1.82, 2.24) is 9.55 Å². The van der Waals surface area contributed by atoms with E-state index in [4.69, 9.17) is 0 Å². The fourth-order valence-corrected chi connectivity index (χ4v) is 2.79. The van der Waals surface area contributed by atoms with Crippen molar-refractivity contribution in [3.8, 4) is 0 Å². The molecule has 0 fully saturated rings. The summed E-state index contributed by atoms with van der Waals surface area (Å²) >= 11 is 0. The Kier molecular flexibility index (Phi) is 3.84. The summed E-state index contributed by atoms with van der Waals surface area (Å²) in [7, 11) is 0. The number of hydrogen-bond donors (Lipinski definition) is 1. The van der Waals surface area contributed by atoms with Crippen LogP contribution < -0.4 is 5.56 Å². The highest BCUT2D eigenvalue weighted by Gasteiger charge is 2.18. The SMILES string of the molecule is O=c1c2c(ncn1C[C@H](O)c1ccccc1F)CCCC2. The largest absolute Gasteiger partial charge is 0.386 e. The number of fused-ring (bicyclic) bond motifs is 1. The summed E-state index contributed by atoms with van der Waals surface area (Å²) in [6, 6.07) is 6.05. The van der Waals surface area contributed by atoms with Gasteiger partial charge in [-0.1, -0.05) is 18.2 Å². The van der Waals surface area contributed by atoms with Gasteiger partial charge in [-0.3, -0.25) is 9.36 Å². The van der Waals surface area contributed by atoms with Gasteiger partial charge in [0.25, 0.3) is 5.56 Å². The van der Waals surface area contributed by atoms with Crippen LogP contribution in [0.25, 0.3) is 0 Å². The number of aliphatic hydroxyl groups excluding tert-OH is 1. The van der Waals surface area contributed by atoms with E-state index in [-0.39, 0.29) is 17.7 Å². The Bertz CT molecular complexity index is 712. The molecule has 0 spiro atoms. The molecule has 110 valence electrons. The van der Waals surface area contributed by atoms with Crippen LogP contribution in [0.2, 0.25) is 0 Å². The highest BCUT2D eigenvalue weighted by molar-refractivity contribution is 5.21. The van der Waals surface area contributed by atoms with E-state index in [0.29, 0.717) is 0 Å². The summed E-state index contributed by atoms with van der Waals surface area (Å²) in [5.74, 6) is -0.469. The molecule has 0 saturated heterocycles. The smallest absolute Gasteiger partial charge is 0.256 e. The van der Waals surface area contributed by atoms with E-state index < -0.39 is 11.9 Å². The molecule has 3 rings (SSSR count). The topological polar surface area (TPSA) is 55.1 Å². The molecule has 4 nitrogen and oxygen atoms in total. The molecule has 0 aliphatic heterocycles. The molecule has 1 aromatic heterocycles. The van der Waals surface area contributed by atoms with E-state index in [9.17, 15) is 14.3 Å². The number of hydrogen-bond acceptors (Lipinski definition) is 3. The summed E-state index contributed by atoms with van der Waals surface area (Å²) in [5, 5.41) is 10.2. The first-order valence-corrected chi connectivity index (χ1v) is 7.16. The Labute approximate surface area is 121 Å². The number of aryl methyl sites for hydroxylation is 1. The minimum absolute atomic E-state index is 0.0139. The molecule has 0 unspecified atom stereocenters. The normalized spacial score (nSPS) is 15.5. The van der Waals surface area contributed by atoms with Crippen LogP contribution in [0, 0.1) is 5.82 Å². The van der Waals surface area contributed by atoms with Crippen molar-refractivity contribution in [1.29, 1.82) is 0 Å². The van der Waals surface area contributed by atoms with Crippen LogP contribution in [0.1, 0.15) is 35.8 Å². The van der Waals surface area contributed by atoms with Crippen LogP contribution in [0.4, 0.5) is 4.39 Å². The van der Waals surface area contributed by atoms with Gasteiger partial charge in [-0.2, -0.15) is 0 Å². The Morgan fingerprint density at radius 3 is 2.86 bits per heavy atom. The predicted molar refractivity (Wildman–Crippen MR) is 76.5 cm³/mol. The van der Waals surface area contributed by atoms with E-state index in [0.717, 1.165) is 36.9 Å². The van der Waals surface area contributed by atoms with Gasteiger partial charge in [-0.05, 0) is 31.7 Å². The lowest BCUT2D eigenvalue weighted by Gasteiger charge is -2.18. The van der Waals surface area contributed by atoms with Crippen LogP contribution in [-0.4, -0.2) is 14.7 Å². The van der Waals surface area contributed by atoms with Crippen LogP contribution in [0.5, 0.6) is 0 Å². The Hall–Kier alpha value is -2.01. The number of aromatic nitrogens is 2. The lowest BCUT2D eigenvalue weighted by Crippen LogP contribution is -2.30. The molecule has 1 aliphatic carbocycles. The maximum Gasteiger partial charge on any atom is 0.256 e. The predicted octanol–water partition coefficient (Wildman–Crippen LogP) is 1.99. The van der Waals surface area contributed by atoms with Gasteiger partial charge in [-0.25, -0.2) is 9.37 Å². The second-order valence-corrected chi connectivity index (χ2v) is 5.37. The number of benzene rings is 1. The molecular weight excluding hydrogens is 271 g/mol. The minimum atomic E-state index is -1.06. The Morgan fingerprint density at radius 2 is 2.05 bits per heavy atom. The van der Waals surface area contributed by atoms with Crippen LogP contribution in [0.3, 0.4) is 0 Å². The molecule has 21 heavy (non-hydrogen) atoms. The average Bonchev–Trinajstić information content (AvgIpc) is 2.51. The van der Waals surface area contributed by atoms with Crippen LogP contribution in [-0.2, 0) is 19.4 Å². The molecule has 1 N–H and O–H groups in total. The monoisotopic (exact) mass is 288 g/mol. The van der Waals surface area contributed by atoms with Gasteiger partial charge in [0.1, 0.15) is 5.82 Å². The Balaban J connectivity index is 1.89. The van der Waals surface area contributed by atoms with Gasteiger partial charge in [0, 0.05) is 11.1 Å². The second kappa shape index (κ2) is 5.77. The van der Waals surface area contributed by atoms with Crippen molar-refractivity contribution in [3.05, 3.63) is 63.6 Å². The summed E-state index contributed by atoms with van der Waals surface area (Å²) in [4.78, 5) is 16.7. The van der Waals surface area contributed by atoms with E-state index in [1.54, 1.807) is 12.1 Å². The molecule has 1 heterocycles. The third-order valence-corrected chi connectivity index (χ3v) is 3.94. The van der Waals surface area contributed by atoms with Gasteiger partial charge in [-0.15, -0.1) is 0 Å². The summed E-state index contributed by atoms with van der Waals surface area (Å²) < 4.78 is 15.0. The maximum absolute atomic E-state index is 13.7.